The van der Waals surface area contributed by atoms with Gasteiger partial charge in [0.2, 0.25) is 11.8 Å². The number of rotatable bonds is 5. The third kappa shape index (κ3) is 8.55. The van der Waals surface area contributed by atoms with Crippen LogP contribution in [0, 0.1) is 5.92 Å². The number of allylic oxidation sites excluding steroid dienone is 1. The Balaban J connectivity index is 1.40. The molecule has 4 amide bonds. The Bertz CT molecular complexity index is 1460. The van der Waals surface area contributed by atoms with Crippen molar-refractivity contribution in [3.8, 4) is 0 Å². The van der Waals surface area contributed by atoms with Crippen LogP contribution in [0.2, 0.25) is 0 Å². The van der Waals surface area contributed by atoms with Gasteiger partial charge in [-0.25, -0.2) is 14.4 Å². The van der Waals surface area contributed by atoms with Crippen molar-refractivity contribution in [1.29, 1.82) is 0 Å². The summed E-state index contributed by atoms with van der Waals surface area (Å²) in [6.45, 7) is 6.13. The molecule has 3 heterocycles. The summed E-state index contributed by atoms with van der Waals surface area (Å²) in [7, 11) is 3.89. The Labute approximate surface area is 288 Å². The van der Waals surface area contributed by atoms with Crippen LogP contribution < -0.4 is 10.6 Å². The number of carboxylic acids is 1. The maximum absolute atomic E-state index is 14.3. The van der Waals surface area contributed by atoms with E-state index in [0.29, 0.717) is 32.4 Å². The predicted molar refractivity (Wildman–Crippen MR) is 181 cm³/mol. The zero-order chi connectivity index (χ0) is 35.5. The molecule has 1 aromatic carbocycles. The summed E-state index contributed by atoms with van der Waals surface area (Å²) in [6.07, 6.45) is 5.87. The number of ether oxygens (including phenoxy) is 2. The van der Waals surface area contributed by atoms with Gasteiger partial charge in [-0.15, -0.1) is 0 Å². The maximum atomic E-state index is 14.3. The van der Waals surface area contributed by atoms with Crippen LogP contribution in [0.5, 0.6) is 0 Å². The number of benzene rings is 1. The fraction of sp³-hybridized carbons (Fsp3) is 0.639. The largest absolute Gasteiger partial charge is 0.479 e. The summed E-state index contributed by atoms with van der Waals surface area (Å²) in [4.78, 5) is 72.3. The van der Waals surface area contributed by atoms with Crippen molar-refractivity contribution in [2.45, 2.75) is 108 Å². The molecule has 3 N–H and O–H groups in total. The number of carboxylic acid groups (broad SMARTS) is 1. The number of carbonyl (C=O) groups excluding carboxylic acids is 4. The molecule has 1 saturated heterocycles. The molecule has 0 radical (unpaired) electrons. The van der Waals surface area contributed by atoms with Crippen LogP contribution >= 0.6 is 0 Å². The molecule has 49 heavy (non-hydrogen) atoms. The molecule has 1 aromatic rings. The van der Waals surface area contributed by atoms with Crippen LogP contribution in [0.1, 0.15) is 82.9 Å². The van der Waals surface area contributed by atoms with Gasteiger partial charge in [0.05, 0.1) is 12.6 Å². The lowest BCUT2D eigenvalue weighted by Crippen LogP contribution is -2.56. The third-order valence-electron chi connectivity index (χ3n) is 9.76. The van der Waals surface area contributed by atoms with E-state index in [2.05, 4.69) is 16.7 Å². The molecule has 0 spiro atoms. The highest BCUT2D eigenvalue weighted by atomic mass is 16.6. The molecule has 0 bridgehead atoms. The molecule has 1 aliphatic carbocycles. The Morgan fingerprint density at radius 3 is 2.59 bits per heavy atom. The maximum Gasteiger partial charge on any atom is 0.410 e. The van der Waals surface area contributed by atoms with E-state index in [-0.39, 0.29) is 31.3 Å². The van der Waals surface area contributed by atoms with E-state index in [1.54, 1.807) is 25.7 Å². The van der Waals surface area contributed by atoms with Crippen molar-refractivity contribution >= 4 is 30.0 Å². The number of hydrogen-bond acceptors (Lipinski definition) is 8. The SMILES string of the molecule is CN(C)CC1c2ccccc2CCN1C(=O)O[C@@H]1C[C@H]2C(=O)N[C@]3(C(=O)O)C[C@H]3/C=C\CCCCC[C@H](NC(=O)OC(C)(C)C)C(=O)N2C1. The first-order valence-corrected chi connectivity index (χ1v) is 17.4. The summed E-state index contributed by atoms with van der Waals surface area (Å²) in [6, 6.07) is 5.68. The van der Waals surface area contributed by atoms with Crippen molar-refractivity contribution in [1.82, 2.24) is 25.3 Å². The number of carbonyl (C=O) groups is 5. The average molecular weight is 682 g/mol. The molecular formula is C36H51N5O8. The van der Waals surface area contributed by atoms with Crippen molar-refractivity contribution < 1.29 is 38.6 Å². The lowest BCUT2D eigenvalue weighted by atomic mass is 9.92. The van der Waals surface area contributed by atoms with Gasteiger partial charge in [-0.2, -0.15) is 0 Å². The molecule has 5 rings (SSSR count). The minimum atomic E-state index is -1.47. The topological polar surface area (TPSA) is 158 Å². The summed E-state index contributed by atoms with van der Waals surface area (Å²) >= 11 is 0. The number of hydrogen-bond donors (Lipinski definition) is 3. The van der Waals surface area contributed by atoms with Crippen LogP contribution in [0.3, 0.4) is 0 Å². The van der Waals surface area contributed by atoms with Crippen LogP contribution in [0.4, 0.5) is 9.59 Å². The number of amides is 4. The van der Waals surface area contributed by atoms with Crippen molar-refractivity contribution in [2.24, 2.45) is 5.92 Å². The van der Waals surface area contributed by atoms with Crippen LogP contribution in [-0.4, -0.2) is 113 Å². The highest BCUT2D eigenvalue weighted by Gasteiger charge is 2.61. The quantitative estimate of drug-likeness (QED) is 0.395. The molecule has 0 aromatic heterocycles. The van der Waals surface area contributed by atoms with Crippen LogP contribution in [0.25, 0.3) is 0 Å². The molecular weight excluding hydrogens is 630 g/mol. The predicted octanol–water partition coefficient (Wildman–Crippen LogP) is 3.63. The number of fused-ring (bicyclic) bond motifs is 3. The van der Waals surface area contributed by atoms with E-state index < -0.39 is 59.3 Å². The first-order chi connectivity index (χ1) is 23.2. The average Bonchev–Trinajstić information content (AvgIpc) is 3.56. The van der Waals surface area contributed by atoms with Gasteiger partial charge in [0.15, 0.2) is 0 Å². The fourth-order valence-corrected chi connectivity index (χ4v) is 7.22. The molecule has 2 fully saturated rings. The zero-order valence-corrected chi connectivity index (χ0v) is 29.3. The first kappa shape index (κ1) is 36.2. The van der Waals surface area contributed by atoms with Gasteiger partial charge in [0, 0.05) is 25.4 Å². The second-order valence-corrected chi connectivity index (χ2v) is 15.0. The standard InChI is InChI=1S/C36H51N5O8/c1-35(2,3)49-33(46)37-27-16-10-8-6-7-9-14-24-20-36(24,32(44)45)38-30(42)28-19-25(21-41(28)31(27)43)48-34(47)40-18-17-23-13-11-12-15-26(23)29(40)22-39(4)5/h9,11-15,24-25,27-29H,6-8,10,16-22H2,1-5H3,(H,37,46)(H,38,42)(H,44,45)/b14-9-/t24-,25-,27+,28+,29?,36-/m1/s1. The van der Waals surface area contributed by atoms with Gasteiger partial charge in [-0.1, -0.05) is 49.3 Å². The highest BCUT2D eigenvalue weighted by Crippen LogP contribution is 2.45. The number of likely N-dealkylation sites (N-methyl/N-ethyl adjacent to an activating group) is 1. The molecule has 13 heteroatoms. The molecule has 4 aliphatic rings. The fourth-order valence-electron chi connectivity index (χ4n) is 7.22. The number of nitrogens with one attached hydrogen (secondary N) is 2. The minimum absolute atomic E-state index is 0.0125. The van der Waals surface area contributed by atoms with Gasteiger partial charge in [0.1, 0.15) is 29.3 Å². The molecule has 268 valence electrons. The lowest BCUT2D eigenvalue weighted by Gasteiger charge is -2.38. The number of nitrogens with zero attached hydrogens (tertiary/aromatic N) is 3. The Hall–Kier alpha value is -4.13. The second kappa shape index (κ2) is 14.8. The Kier molecular flexibility index (Phi) is 10.9. The molecule has 1 saturated carbocycles. The second-order valence-electron chi connectivity index (χ2n) is 15.0. The summed E-state index contributed by atoms with van der Waals surface area (Å²) in [5.74, 6) is -2.64. The van der Waals surface area contributed by atoms with E-state index >= 15 is 0 Å². The third-order valence-corrected chi connectivity index (χ3v) is 9.76. The Morgan fingerprint density at radius 2 is 1.88 bits per heavy atom. The van der Waals surface area contributed by atoms with Gasteiger partial charge >= 0.3 is 18.2 Å². The molecule has 3 aliphatic heterocycles. The van der Waals surface area contributed by atoms with Gasteiger partial charge in [-0.3, -0.25) is 14.5 Å². The van der Waals surface area contributed by atoms with Crippen molar-refractivity contribution in [2.75, 3.05) is 33.7 Å². The first-order valence-electron chi connectivity index (χ1n) is 17.4. The Morgan fingerprint density at radius 1 is 1.12 bits per heavy atom. The van der Waals surface area contributed by atoms with Crippen molar-refractivity contribution in [3.63, 3.8) is 0 Å². The smallest absolute Gasteiger partial charge is 0.410 e. The highest BCUT2D eigenvalue weighted by molar-refractivity contribution is 5.96. The summed E-state index contributed by atoms with van der Waals surface area (Å²) < 4.78 is 11.5. The van der Waals surface area contributed by atoms with E-state index in [9.17, 15) is 29.1 Å². The van der Waals surface area contributed by atoms with E-state index in [0.717, 1.165) is 24.8 Å². The van der Waals surface area contributed by atoms with E-state index in [1.807, 2.05) is 49.3 Å². The van der Waals surface area contributed by atoms with Crippen LogP contribution in [0.15, 0.2) is 36.4 Å². The summed E-state index contributed by atoms with van der Waals surface area (Å²) in [5.41, 5.74) is -0.0286. The normalized spacial score (nSPS) is 29.7. The van der Waals surface area contributed by atoms with E-state index in [4.69, 9.17) is 9.47 Å². The minimum Gasteiger partial charge on any atom is -0.479 e. The lowest BCUT2D eigenvalue weighted by molar-refractivity contribution is -0.145. The molecule has 6 atom stereocenters. The summed E-state index contributed by atoms with van der Waals surface area (Å²) in [5, 5.41) is 15.6. The zero-order valence-electron chi connectivity index (χ0n) is 29.3. The monoisotopic (exact) mass is 681 g/mol. The van der Waals surface area contributed by atoms with Crippen molar-refractivity contribution in [3.05, 3.63) is 47.5 Å². The number of alkyl carbamates (subject to hydrolysis) is 1. The number of aliphatic carboxylic acids is 1. The van der Waals surface area contributed by atoms with Gasteiger partial charge in [-0.05, 0) is 78.1 Å². The van der Waals surface area contributed by atoms with Gasteiger partial charge in [0.25, 0.3) is 0 Å². The van der Waals surface area contributed by atoms with E-state index in [1.165, 1.54) is 10.5 Å². The van der Waals surface area contributed by atoms with Gasteiger partial charge < -0.3 is 35.0 Å². The van der Waals surface area contributed by atoms with Crippen LogP contribution in [-0.2, 0) is 30.3 Å². The molecule has 13 nitrogen and oxygen atoms in total. The molecule has 1 unspecified atom stereocenters.